The van der Waals surface area contributed by atoms with Crippen molar-refractivity contribution >= 4 is 0 Å². The van der Waals surface area contributed by atoms with E-state index in [1.807, 2.05) is 24.3 Å². The molecule has 2 rings (SSSR count). The first-order chi connectivity index (χ1) is 14.5. The molecular weight excluding hydrogens is 386 g/mol. The summed E-state index contributed by atoms with van der Waals surface area (Å²) >= 11 is 0. The second-order valence-corrected chi connectivity index (χ2v) is 7.58. The van der Waals surface area contributed by atoms with Crippen molar-refractivity contribution in [1.29, 1.82) is 0 Å². The highest BCUT2D eigenvalue weighted by Gasteiger charge is 2.40. The fraction of sp³-hybridized carbons (Fsp3) is 0.520. The highest BCUT2D eigenvalue weighted by molar-refractivity contribution is 5.63. The summed E-state index contributed by atoms with van der Waals surface area (Å²) in [6, 6.07) is 11.7. The van der Waals surface area contributed by atoms with E-state index in [9.17, 15) is 8.78 Å². The van der Waals surface area contributed by atoms with Gasteiger partial charge < -0.3 is 14.2 Å². The Balaban J connectivity index is 2.20. The molecule has 0 aromatic heterocycles. The van der Waals surface area contributed by atoms with Crippen LogP contribution >= 0.6 is 0 Å². The van der Waals surface area contributed by atoms with E-state index < -0.39 is 17.6 Å². The summed E-state index contributed by atoms with van der Waals surface area (Å²) in [5.74, 6) is -3.00. The summed E-state index contributed by atoms with van der Waals surface area (Å²) in [5, 5.41) is 0. The van der Waals surface area contributed by atoms with Crippen LogP contribution in [0.5, 0.6) is 0 Å². The second kappa shape index (κ2) is 12.1. The van der Waals surface area contributed by atoms with Crippen LogP contribution in [0.3, 0.4) is 0 Å². The molecule has 0 radical (unpaired) electrons. The molecule has 1 unspecified atom stereocenters. The minimum Gasteiger partial charge on any atom is -0.330 e. The van der Waals surface area contributed by atoms with Gasteiger partial charge in [-0.1, -0.05) is 75.8 Å². The molecule has 2 aromatic carbocycles. The van der Waals surface area contributed by atoms with Gasteiger partial charge in [-0.15, -0.1) is 0 Å². The summed E-state index contributed by atoms with van der Waals surface area (Å²) in [6.07, 6.45) is 8.02. The highest BCUT2D eigenvalue weighted by Crippen LogP contribution is 2.38. The van der Waals surface area contributed by atoms with E-state index in [1.165, 1.54) is 31.7 Å². The number of halogens is 2. The van der Waals surface area contributed by atoms with Crippen LogP contribution in [0, 0.1) is 11.6 Å². The van der Waals surface area contributed by atoms with Gasteiger partial charge in [0.2, 0.25) is 0 Å². The Bertz CT molecular complexity index is 749. The van der Waals surface area contributed by atoms with Crippen LogP contribution < -0.4 is 0 Å². The molecule has 166 valence electrons. The average Bonchev–Trinajstić information content (AvgIpc) is 2.78. The Kier molecular flexibility index (Phi) is 9.89. The lowest BCUT2D eigenvalue weighted by atomic mass is 9.89. The molecule has 0 saturated heterocycles. The van der Waals surface area contributed by atoms with Crippen molar-refractivity contribution in [1.82, 2.24) is 0 Å². The van der Waals surface area contributed by atoms with Crippen LogP contribution in [0.2, 0.25) is 0 Å². The standard InChI is InChI=1S/C25H34F2O3/c1-5-6-7-8-9-10-11-22(25(28-2,29-3)30-4)20-14-12-19(13-15-20)21-16-17-23(26)24(27)18-21/h12-18,22H,5-11H2,1-4H3. The van der Waals surface area contributed by atoms with Gasteiger partial charge in [-0.2, -0.15) is 0 Å². The predicted molar refractivity (Wildman–Crippen MR) is 116 cm³/mol. The maximum atomic E-state index is 13.6. The summed E-state index contributed by atoms with van der Waals surface area (Å²) in [5.41, 5.74) is 2.46. The summed E-state index contributed by atoms with van der Waals surface area (Å²) in [4.78, 5) is 0. The first-order valence-corrected chi connectivity index (χ1v) is 10.7. The summed E-state index contributed by atoms with van der Waals surface area (Å²) in [6.45, 7) is 2.21. The Morgan fingerprint density at radius 2 is 1.30 bits per heavy atom. The van der Waals surface area contributed by atoms with Crippen molar-refractivity contribution in [2.24, 2.45) is 0 Å². The molecule has 0 heterocycles. The number of hydrogen-bond donors (Lipinski definition) is 0. The SMILES string of the molecule is CCCCCCCCC(c1ccc(-c2ccc(F)c(F)c2)cc1)C(OC)(OC)OC. The maximum Gasteiger partial charge on any atom is 0.289 e. The van der Waals surface area contributed by atoms with E-state index in [0.717, 1.165) is 36.5 Å². The normalized spacial score (nSPS) is 12.9. The molecule has 1 atom stereocenters. The largest absolute Gasteiger partial charge is 0.330 e. The Morgan fingerprint density at radius 3 is 1.87 bits per heavy atom. The van der Waals surface area contributed by atoms with E-state index in [2.05, 4.69) is 6.92 Å². The van der Waals surface area contributed by atoms with Crippen molar-refractivity contribution in [3.8, 4) is 11.1 Å². The molecule has 2 aromatic rings. The molecule has 0 saturated carbocycles. The van der Waals surface area contributed by atoms with Crippen LogP contribution in [-0.2, 0) is 14.2 Å². The number of benzene rings is 2. The quantitative estimate of drug-likeness (QED) is 0.256. The molecule has 0 fully saturated rings. The molecule has 0 aliphatic rings. The lowest BCUT2D eigenvalue weighted by Crippen LogP contribution is -2.42. The van der Waals surface area contributed by atoms with Crippen LogP contribution in [-0.4, -0.2) is 27.3 Å². The zero-order valence-electron chi connectivity index (χ0n) is 18.5. The molecule has 0 aliphatic carbocycles. The number of unbranched alkanes of at least 4 members (excludes halogenated alkanes) is 5. The molecular formula is C25H34F2O3. The van der Waals surface area contributed by atoms with Crippen LogP contribution in [0.15, 0.2) is 42.5 Å². The van der Waals surface area contributed by atoms with Gasteiger partial charge in [-0.25, -0.2) is 8.78 Å². The Morgan fingerprint density at radius 1 is 0.733 bits per heavy atom. The topological polar surface area (TPSA) is 27.7 Å². The fourth-order valence-corrected chi connectivity index (χ4v) is 3.94. The van der Waals surface area contributed by atoms with Gasteiger partial charge in [0.15, 0.2) is 11.6 Å². The first kappa shape index (κ1) is 24.4. The van der Waals surface area contributed by atoms with E-state index in [4.69, 9.17) is 14.2 Å². The lowest BCUT2D eigenvalue weighted by molar-refractivity contribution is -0.365. The monoisotopic (exact) mass is 420 g/mol. The number of hydrogen-bond acceptors (Lipinski definition) is 3. The Labute approximate surface area is 179 Å². The molecule has 5 heteroatoms. The van der Waals surface area contributed by atoms with E-state index in [0.29, 0.717) is 5.56 Å². The molecule has 3 nitrogen and oxygen atoms in total. The number of rotatable bonds is 13. The maximum absolute atomic E-state index is 13.6. The Hall–Kier alpha value is -1.82. The molecule has 0 spiro atoms. The fourth-order valence-electron chi connectivity index (χ4n) is 3.94. The van der Waals surface area contributed by atoms with Crippen molar-refractivity contribution in [3.05, 3.63) is 59.7 Å². The molecule has 0 amide bonds. The third-order valence-electron chi connectivity index (χ3n) is 5.69. The highest BCUT2D eigenvalue weighted by atomic mass is 19.2. The number of methoxy groups -OCH3 is 3. The third-order valence-corrected chi connectivity index (χ3v) is 5.69. The van der Waals surface area contributed by atoms with Gasteiger partial charge in [0.25, 0.3) is 5.97 Å². The summed E-state index contributed by atoms with van der Waals surface area (Å²) < 4.78 is 43.8. The smallest absolute Gasteiger partial charge is 0.289 e. The van der Waals surface area contributed by atoms with E-state index in [-0.39, 0.29) is 5.92 Å². The second-order valence-electron chi connectivity index (χ2n) is 7.58. The predicted octanol–water partition coefficient (Wildman–Crippen LogP) is 7.06. The van der Waals surface area contributed by atoms with Crippen LogP contribution in [0.25, 0.3) is 11.1 Å². The van der Waals surface area contributed by atoms with Crippen LogP contribution in [0.4, 0.5) is 8.78 Å². The van der Waals surface area contributed by atoms with Crippen molar-refractivity contribution in [2.45, 2.75) is 63.8 Å². The van der Waals surface area contributed by atoms with Gasteiger partial charge >= 0.3 is 0 Å². The molecule has 0 aliphatic heterocycles. The molecule has 0 N–H and O–H groups in total. The van der Waals surface area contributed by atoms with Gasteiger partial charge in [0.05, 0.1) is 5.92 Å². The van der Waals surface area contributed by atoms with Gasteiger partial charge in [0, 0.05) is 21.3 Å². The first-order valence-electron chi connectivity index (χ1n) is 10.7. The van der Waals surface area contributed by atoms with Gasteiger partial charge in [0.1, 0.15) is 0 Å². The van der Waals surface area contributed by atoms with Crippen molar-refractivity contribution < 1.29 is 23.0 Å². The van der Waals surface area contributed by atoms with Crippen molar-refractivity contribution in [2.75, 3.05) is 21.3 Å². The minimum atomic E-state index is -1.17. The molecule has 30 heavy (non-hydrogen) atoms. The lowest BCUT2D eigenvalue weighted by Gasteiger charge is -2.36. The zero-order valence-corrected chi connectivity index (χ0v) is 18.5. The van der Waals surface area contributed by atoms with Crippen molar-refractivity contribution in [3.63, 3.8) is 0 Å². The van der Waals surface area contributed by atoms with Gasteiger partial charge in [-0.3, -0.25) is 0 Å². The zero-order chi connectivity index (χ0) is 22.0. The molecule has 0 bridgehead atoms. The number of ether oxygens (including phenoxy) is 3. The minimum absolute atomic E-state index is 0.123. The van der Waals surface area contributed by atoms with Crippen LogP contribution in [0.1, 0.15) is 63.4 Å². The average molecular weight is 421 g/mol. The van der Waals surface area contributed by atoms with Gasteiger partial charge in [-0.05, 0) is 35.2 Å². The van der Waals surface area contributed by atoms with E-state index >= 15 is 0 Å². The van der Waals surface area contributed by atoms with E-state index in [1.54, 1.807) is 27.4 Å². The summed E-state index contributed by atoms with van der Waals surface area (Å²) in [7, 11) is 4.74. The third kappa shape index (κ3) is 6.10.